The van der Waals surface area contributed by atoms with E-state index in [4.69, 9.17) is 0 Å². The third kappa shape index (κ3) is 4.21. The fraction of sp³-hybridized carbons (Fsp3) is 0.588. The minimum atomic E-state index is -3.11. The molecule has 0 bridgehead atoms. The summed E-state index contributed by atoms with van der Waals surface area (Å²) in [6, 6.07) is 2.18. The molecule has 1 fully saturated rings. The van der Waals surface area contributed by atoms with Gasteiger partial charge >= 0.3 is 0 Å². The summed E-state index contributed by atoms with van der Waals surface area (Å²) in [5.41, 5.74) is 1.94. The van der Waals surface area contributed by atoms with Crippen LogP contribution in [0.4, 0.5) is 5.82 Å². The molecule has 2 aromatic rings. The fourth-order valence-electron chi connectivity index (χ4n) is 3.26. The van der Waals surface area contributed by atoms with E-state index in [1.54, 1.807) is 21.4 Å². The quantitative estimate of drug-likeness (QED) is 0.825. The van der Waals surface area contributed by atoms with E-state index in [0.29, 0.717) is 31.1 Å². The maximum atomic E-state index is 12.2. The lowest BCUT2D eigenvalue weighted by atomic mass is 10.1. The number of rotatable bonds is 6. The van der Waals surface area contributed by atoms with Gasteiger partial charge < -0.3 is 5.32 Å². The molecule has 1 N–H and O–H groups in total. The van der Waals surface area contributed by atoms with Crippen molar-refractivity contribution in [2.24, 2.45) is 0 Å². The summed E-state index contributed by atoms with van der Waals surface area (Å²) >= 11 is 0. The summed E-state index contributed by atoms with van der Waals surface area (Å²) in [6.45, 7) is 6.91. The maximum absolute atomic E-state index is 12.2. The highest BCUT2D eigenvalue weighted by Gasteiger charge is 2.27. The number of nitrogens with one attached hydrogen (secondary N) is 1. The van der Waals surface area contributed by atoms with Crippen molar-refractivity contribution in [3.8, 4) is 5.82 Å². The van der Waals surface area contributed by atoms with Gasteiger partial charge in [-0.1, -0.05) is 6.92 Å². The van der Waals surface area contributed by atoms with E-state index in [1.807, 2.05) is 26.8 Å². The molecule has 1 aliphatic rings. The summed E-state index contributed by atoms with van der Waals surface area (Å²) in [5, 5.41) is 7.82. The van der Waals surface area contributed by atoms with Crippen molar-refractivity contribution < 1.29 is 8.42 Å². The Labute approximate surface area is 154 Å². The standard InChI is InChI=1S/C17H26N6O2S/c1-4-9-26(24,25)22-7-5-15(6-8-22)19-16-11-18-12-17(20-16)23-14(3)10-13(2)21-23/h10-12,15H,4-9H2,1-3H3,(H,19,20). The van der Waals surface area contributed by atoms with E-state index in [1.165, 1.54) is 0 Å². The number of aromatic nitrogens is 4. The first-order valence-electron chi connectivity index (χ1n) is 8.99. The summed E-state index contributed by atoms with van der Waals surface area (Å²) < 4.78 is 27.7. The molecule has 0 spiro atoms. The van der Waals surface area contributed by atoms with Crippen LogP contribution in [-0.4, -0.2) is 57.4 Å². The lowest BCUT2D eigenvalue weighted by Gasteiger charge is -2.31. The van der Waals surface area contributed by atoms with Gasteiger partial charge in [-0.05, 0) is 39.2 Å². The molecule has 0 saturated carbocycles. The monoisotopic (exact) mass is 378 g/mol. The zero-order chi connectivity index (χ0) is 18.7. The molecule has 0 radical (unpaired) electrons. The molecule has 3 rings (SSSR count). The summed E-state index contributed by atoms with van der Waals surface area (Å²) in [4.78, 5) is 8.87. The fourth-order valence-corrected chi connectivity index (χ4v) is 4.80. The van der Waals surface area contributed by atoms with Gasteiger partial charge in [0.05, 0.1) is 23.8 Å². The second-order valence-corrected chi connectivity index (χ2v) is 8.82. The molecule has 0 atom stereocenters. The number of sulfonamides is 1. The van der Waals surface area contributed by atoms with Crippen LogP contribution in [0, 0.1) is 13.8 Å². The number of hydrogen-bond donors (Lipinski definition) is 1. The Morgan fingerprint density at radius 1 is 1.23 bits per heavy atom. The van der Waals surface area contributed by atoms with Crippen molar-refractivity contribution in [3.63, 3.8) is 0 Å². The average molecular weight is 379 g/mol. The normalized spacial score (nSPS) is 16.7. The van der Waals surface area contributed by atoms with E-state index in [2.05, 4.69) is 20.4 Å². The average Bonchev–Trinajstić information content (AvgIpc) is 2.94. The van der Waals surface area contributed by atoms with Gasteiger partial charge in [-0.3, -0.25) is 4.98 Å². The Bertz CT molecular complexity index is 856. The number of piperidine rings is 1. The van der Waals surface area contributed by atoms with Crippen molar-refractivity contribution >= 4 is 15.8 Å². The second-order valence-electron chi connectivity index (χ2n) is 6.74. The van der Waals surface area contributed by atoms with Gasteiger partial charge in [0.15, 0.2) is 5.82 Å². The molecule has 2 aromatic heterocycles. The van der Waals surface area contributed by atoms with Crippen LogP contribution in [0.3, 0.4) is 0 Å². The predicted molar refractivity (Wildman–Crippen MR) is 101 cm³/mol. The minimum absolute atomic E-state index is 0.188. The van der Waals surface area contributed by atoms with Crippen LogP contribution in [0.15, 0.2) is 18.5 Å². The first kappa shape index (κ1) is 18.8. The van der Waals surface area contributed by atoms with Crippen molar-refractivity contribution in [2.45, 2.75) is 46.1 Å². The van der Waals surface area contributed by atoms with Crippen LogP contribution in [-0.2, 0) is 10.0 Å². The topological polar surface area (TPSA) is 93.0 Å². The largest absolute Gasteiger partial charge is 0.366 e. The van der Waals surface area contributed by atoms with Crippen LogP contribution < -0.4 is 5.32 Å². The Morgan fingerprint density at radius 3 is 2.58 bits per heavy atom. The lowest BCUT2D eigenvalue weighted by molar-refractivity contribution is 0.329. The van der Waals surface area contributed by atoms with Gasteiger partial charge in [0, 0.05) is 24.8 Å². The third-order valence-corrected chi connectivity index (χ3v) is 6.59. The lowest BCUT2D eigenvalue weighted by Crippen LogP contribution is -2.43. The molecule has 0 aliphatic carbocycles. The zero-order valence-electron chi connectivity index (χ0n) is 15.5. The Hall–Kier alpha value is -2.00. The van der Waals surface area contributed by atoms with E-state index in [0.717, 1.165) is 24.2 Å². The van der Waals surface area contributed by atoms with E-state index < -0.39 is 10.0 Å². The molecule has 3 heterocycles. The second kappa shape index (κ2) is 7.71. The van der Waals surface area contributed by atoms with Gasteiger partial charge in [-0.2, -0.15) is 5.10 Å². The molecule has 1 aliphatic heterocycles. The van der Waals surface area contributed by atoms with Crippen LogP contribution in [0.5, 0.6) is 0 Å². The Kier molecular flexibility index (Phi) is 5.57. The zero-order valence-corrected chi connectivity index (χ0v) is 16.3. The van der Waals surface area contributed by atoms with Crippen LogP contribution in [0.2, 0.25) is 0 Å². The molecule has 26 heavy (non-hydrogen) atoms. The van der Waals surface area contributed by atoms with Gasteiger partial charge in [0.2, 0.25) is 10.0 Å². The number of anilines is 1. The van der Waals surface area contributed by atoms with Gasteiger partial charge in [0.1, 0.15) is 5.82 Å². The molecule has 142 valence electrons. The molecule has 9 heteroatoms. The van der Waals surface area contributed by atoms with Crippen molar-refractivity contribution in [3.05, 3.63) is 29.8 Å². The summed E-state index contributed by atoms with van der Waals surface area (Å²) in [6.07, 6.45) is 5.54. The molecular weight excluding hydrogens is 352 g/mol. The van der Waals surface area contributed by atoms with Gasteiger partial charge in [0.25, 0.3) is 0 Å². The SMILES string of the molecule is CCCS(=O)(=O)N1CCC(Nc2cncc(-n3nc(C)cc3C)n2)CC1. The van der Waals surface area contributed by atoms with E-state index >= 15 is 0 Å². The molecular formula is C17H26N6O2S. The van der Waals surface area contributed by atoms with Crippen molar-refractivity contribution in [1.82, 2.24) is 24.1 Å². The number of aryl methyl sites for hydroxylation is 2. The maximum Gasteiger partial charge on any atom is 0.214 e. The highest BCUT2D eigenvalue weighted by Crippen LogP contribution is 2.19. The van der Waals surface area contributed by atoms with Crippen LogP contribution in [0.25, 0.3) is 5.82 Å². The molecule has 8 nitrogen and oxygen atoms in total. The van der Waals surface area contributed by atoms with Crippen LogP contribution in [0.1, 0.15) is 37.6 Å². The molecule has 1 saturated heterocycles. The van der Waals surface area contributed by atoms with E-state index in [-0.39, 0.29) is 11.8 Å². The summed E-state index contributed by atoms with van der Waals surface area (Å²) in [7, 11) is -3.11. The Morgan fingerprint density at radius 2 is 1.96 bits per heavy atom. The first-order chi connectivity index (χ1) is 12.4. The highest BCUT2D eigenvalue weighted by atomic mass is 32.2. The number of nitrogens with zero attached hydrogens (tertiary/aromatic N) is 5. The third-order valence-electron chi connectivity index (χ3n) is 4.51. The molecule has 0 unspecified atom stereocenters. The van der Waals surface area contributed by atoms with Gasteiger partial charge in [-0.15, -0.1) is 0 Å². The van der Waals surface area contributed by atoms with E-state index in [9.17, 15) is 8.42 Å². The number of hydrogen-bond acceptors (Lipinski definition) is 6. The predicted octanol–water partition coefficient (Wildman–Crippen LogP) is 1.90. The minimum Gasteiger partial charge on any atom is -0.366 e. The van der Waals surface area contributed by atoms with Crippen LogP contribution >= 0.6 is 0 Å². The smallest absolute Gasteiger partial charge is 0.214 e. The highest BCUT2D eigenvalue weighted by molar-refractivity contribution is 7.89. The van der Waals surface area contributed by atoms with Crippen molar-refractivity contribution in [1.29, 1.82) is 0 Å². The van der Waals surface area contributed by atoms with Crippen molar-refractivity contribution in [2.75, 3.05) is 24.2 Å². The van der Waals surface area contributed by atoms with Gasteiger partial charge in [-0.25, -0.2) is 22.4 Å². The molecule has 0 aromatic carbocycles. The molecule has 0 amide bonds. The Balaban J connectivity index is 1.64. The first-order valence-corrected chi connectivity index (χ1v) is 10.6. The summed E-state index contributed by atoms with van der Waals surface area (Å²) in [5.74, 6) is 1.58.